The monoisotopic (exact) mass is 274 g/mol. The second-order valence-electron chi connectivity index (χ2n) is 4.17. The zero-order valence-corrected chi connectivity index (χ0v) is 11.8. The summed E-state index contributed by atoms with van der Waals surface area (Å²) in [5.74, 6) is -1.49. The summed E-state index contributed by atoms with van der Waals surface area (Å²) in [5.41, 5.74) is 0. The predicted octanol–water partition coefficient (Wildman–Crippen LogP) is 1.60. The summed E-state index contributed by atoms with van der Waals surface area (Å²) >= 11 is 0. The fourth-order valence-electron chi connectivity index (χ4n) is 1.36. The average molecular weight is 274 g/mol. The van der Waals surface area contributed by atoms with E-state index in [1.807, 2.05) is 0 Å². The first-order valence-electron chi connectivity index (χ1n) is 6.41. The first-order valence-corrected chi connectivity index (χ1v) is 6.41. The summed E-state index contributed by atoms with van der Waals surface area (Å²) in [6.07, 6.45) is 1.94. The first kappa shape index (κ1) is 17.4. The molecule has 0 fully saturated rings. The Balaban J connectivity index is 4.03. The molecule has 0 spiro atoms. The molecule has 0 aromatic heterocycles. The van der Waals surface area contributed by atoms with Crippen LogP contribution >= 0.6 is 0 Å². The lowest BCUT2D eigenvalue weighted by Gasteiger charge is -2.15. The van der Waals surface area contributed by atoms with E-state index in [2.05, 4.69) is 6.92 Å². The predicted molar refractivity (Wildman–Crippen MR) is 67.3 cm³/mol. The molecule has 6 heteroatoms. The SMILES string of the molecule is CCCCCOC(=O)CC(COC(C)=O)OC(C)=O. The Hall–Kier alpha value is -1.59. The zero-order chi connectivity index (χ0) is 14.7. The lowest BCUT2D eigenvalue weighted by Crippen LogP contribution is -2.27. The Morgan fingerprint density at radius 1 is 1.00 bits per heavy atom. The van der Waals surface area contributed by atoms with Crippen molar-refractivity contribution in [3.8, 4) is 0 Å². The van der Waals surface area contributed by atoms with Crippen LogP contribution in [0.1, 0.15) is 46.5 Å². The van der Waals surface area contributed by atoms with Crippen molar-refractivity contribution in [3.05, 3.63) is 0 Å². The molecule has 0 aliphatic carbocycles. The molecule has 0 radical (unpaired) electrons. The summed E-state index contributed by atoms with van der Waals surface area (Å²) in [6.45, 7) is 4.74. The fraction of sp³-hybridized carbons (Fsp3) is 0.769. The molecule has 1 unspecified atom stereocenters. The molecule has 0 aliphatic heterocycles. The Labute approximate surface area is 113 Å². The summed E-state index contributed by atoms with van der Waals surface area (Å²) in [7, 11) is 0. The van der Waals surface area contributed by atoms with E-state index in [4.69, 9.17) is 14.2 Å². The highest BCUT2D eigenvalue weighted by Crippen LogP contribution is 2.04. The molecule has 0 rings (SSSR count). The number of rotatable bonds is 9. The Bertz CT molecular complexity index is 300. The van der Waals surface area contributed by atoms with Gasteiger partial charge in [0.05, 0.1) is 13.0 Å². The standard InChI is InChI=1S/C13H22O6/c1-4-5-6-7-17-13(16)8-12(19-11(3)15)9-18-10(2)14/h12H,4-9H2,1-3H3. The molecule has 0 aromatic rings. The highest BCUT2D eigenvalue weighted by atomic mass is 16.6. The third-order valence-electron chi connectivity index (χ3n) is 2.21. The smallest absolute Gasteiger partial charge is 0.309 e. The molecule has 0 aromatic carbocycles. The van der Waals surface area contributed by atoms with E-state index >= 15 is 0 Å². The molecule has 19 heavy (non-hydrogen) atoms. The summed E-state index contributed by atoms with van der Waals surface area (Å²) in [5, 5.41) is 0. The Morgan fingerprint density at radius 3 is 2.21 bits per heavy atom. The molecular formula is C13H22O6. The van der Waals surface area contributed by atoms with Crippen LogP contribution in [0, 0.1) is 0 Å². The van der Waals surface area contributed by atoms with E-state index in [0.29, 0.717) is 6.61 Å². The van der Waals surface area contributed by atoms with Gasteiger partial charge < -0.3 is 14.2 Å². The number of carbonyl (C=O) groups is 3. The highest BCUT2D eigenvalue weighted by Gasteiger charge is 2.19. The van der Waals surface area contributed by atoms with Gasteiger partial charge in [-0.25, -0.2) is 0 Å². The molecule has 110 valence electrons. The van der Waals surface area contributed by atoms with Crippen LogP contribution in [0.25, 0.3) is 0 Å². The van der Waals surface area contributed by atoms with Crippen molar-refractivity contribution in [1.29, 1.82) is 0 Å². The van der Waals surface area contributed by atoms with Gasteiger partial charge in [0, 0.05) is 13.8 Å². The Morgan fingerprint density at radius 2 is 1.68 bits per heavy atom. The van der Waals surface area contributed by atoms with Gasteiger partial charge in [-0.2, -0.15) is 0 Å². The van der Waals surface area contributed by atoms with E-state index in [-0.39, 0.29) is 13.0 Å². The van der Waals surface area contributed by atoms with Crippen molar-refractivity contribution in [2.75, 3.05) is 13.2 Å². The molecule has 0 bridgehead atoms. The van der Waals surface area contributed by atoms with Crippen LogP contribution in [0.4, 0.5) is 0 Å². The van der Waals surface area contributed by atoms with Gasteiger partial charge in [-0.15, -0.1) is 0 Å². The second-order valence-corrected chi connectivity index (χ2v) is 4.17. The normalized spacial score (nSPS) is 11.5. The Kier molecular flexibility index (Phi) is 9.48. The van der Waals surface area contributed by atoms with Gasteiger partial charge in [0.2, 0.25) is 0 Å². The second kappa shape index (κ2) is 10.3. The first-order chi connectivity index (χ1) is 8.95. The van der Waals surface area contributed by atoms with Crippen molar-refractivity contribution in [1.82, 2.24) is 0 Å². The zero-order valence-electron chi connectivity index (χ0n) is 11.8. The summed E-state index contributed by atoms with van der Waals surface area (Å²) in [6, 6.07) is 0. The van der Waals surface area contributed by atoms with Crippen molar-refractivity contribution in [2.45, 2.75) is 52.6 Å². The van der Waals surface area contributed by atoms with Crippen LogP contribution in [-0.2, 0) is 28.6 Å². The minimum absolute atomic E-state index is 0.112. The van der Waals surface area contributed by atoms with E-state index < -0.39 is 24.0 Å². The minimum Gasteiger partial charge on any atom is -0.466 e. The van der Waals surface area contributed by atoms with Crippen LogP contribution in [0.15, 0.2) is 0 Å². The molecule has 0 heterocycles. The highest BCUT2D eigenvalue weighted by molar-refractivity contribution is 5.71. The van der Waals surface area contributed by atoms with E-state index in [1.165, 1.54) is 13.8 Å². The molecule has 0 amide bonds. The topological polar surface area (TPSA) is 78.9 Å². The van der Waals surface area contributed by atoms with E-state index in [1.54, 1.807) is 0 Å². The minimum atomic E-state index is -0.792. The van der Waals surface area contributed by atoms with Gasteiger partial charge in [0.25, 0.3) is 0 Å². The number of hydrogen-bond donors (Lipinski definition) is 0. The van der Waals surface area contributed by atoms with Gasteiger partial charge >= 0.3 is 17.9 Å². The van der Waals surface area contributed by atoms with Gasteiger partial charge in [-0.3, -0.25) is 14.4 Å². The number of ether oxygens (including phenoxy) is 3. The maximum absolute atomic E-state index is 11.5. The molecule has 1 atom stereocenters. The largest absolute Gasteiger partial charge is 0.466 e. The van der Waals surface area contributed by atoms with Crippen molar-refractivity contribution in [2.24, 2.45) is 0 Å². The van der Waals surface area contributed by atoms with Crippen LogP contribution in [0.2, 0.25) is 0 Å². The van der Waals surface area contributed by atoms with Gasteiger partial charge in [-0.1, -0.05) is 19.8 Å². The van der Waals surface area contributed by atoms with Crippen molar-refractivity contribution >= 4 is 17.9 Å². The van der Waals surface area contributed by atoms with E-state index in [0.717, 1.165) is 19.3 Å². The molecule has 0 aliphatic rings. The van der Waals surface area contributed by atoms with Crippen molar-refractivity contribution < 1.29 is 28.6 Å². The van der Waals surface area contributed by atoms with Gasteiger partial charge in [0.1, 0.15) is 12.7 Å². The average Bonchev–Trinajstić information content (AvgIpc) is 2.31. The quantitative estimate of drug-likeness (QED) is 0.361. The van der Waals surface area contributed by atoms with Crippen LogP contribution in [0.3, 0.4) is 0 Å². The third-order valence-corrected chi connectivity index (χ3v) is 2.21. The molecule has 0 saturated heterocycles. The molecule has 0 N–H and O–H groups in total. The van der Waals surface area contributed by atoms with Gasteiger partial charge in [-0.05, 0) is 6.42 Å². The van der Waals surface area contributed by atoms with Crippen molar-refractivity contribution in [3.63, 3.8) is 0 Å². The van der Waals surface area contributed by atoms with Crippen LogP contribution < -0.4 is 0 Å². The summed E-state index contributed by atoms with van der Waals surface area (Å²) in [4.78, 5) is 33.0. The van der Waals surface area contributed by atoms with Gasteiger partial charge in [0.15, 0.2) is 0 Å². The lowest BCUT2D eigenvalue weighted by atomic mass is 10.2. The number of hydrogen-bond acceptors (Lipinski definition) is 6. The maximum atomic E-state index is 11.5. The third kappa shape index (κ3) is 11.2. The fourth-order valence-corrected chi connectivity index (χ4v) is 1.36. The summed E-state index contributed by atoms with van der Waals surface area (Å²) < 4.78 is 14.6. The van der Waals surface area contributed by atoms with Crippen LogP contribution in [0.5, 0.6) is 0 Å². The molecule has 6 nitrogen and oxygen atoms in total. The lowest BCUT2D eigenvalue weighted by molar-refractivity contribution is -0.161. The maximum Gasteiger partial charge on any atom is 0.309 e. The number of esters is 3. The van der Waals surface area contributed by atoms with Crippen LogP contribution in [-0.4, -0.2) is 37.2 Å². The molecular weight excluding hydrogens is 252 g/mol. The number of unbranched alkanes of at least 4 members (excludes halogenated alkanes) is 2. The van der Waals surface area contributed by atoms with E-state index in [9.17, 15) is 14.4 Å². The number of carbonyl (C=O) groups excluding carboxylic acids is 3. The molecule has 0 saturated carbocycles.